The van der Waals surface area contributed by atoms with Crippen LogP contribution in [-0.2, 0) is 14.3 Å². The highest BCUT2D eigenvalue weighted by Crippen LogP contribution is 2.48. The first kappa shape index (κ1) is 29.8. The van der Waals surface area contributed by atoms with Crippen molar-refractivity contribution in [3.8, 4) is 0 Å². The minimum atomic E-state index is -1.05. The first-order valence-corrected chi connectivity index (χ1v) is 14.9. The lowest BCUT2D eigenvalue weighted by Gasteiger charge is -2.37. The van der Waals surface area contributed by atoms with E-state index < -0.39 is 16.8 Å². The quantitative estimate of drug-likeness (QED) is 0.118. The molecule has 0 aliphatic heterocycles. The summed E-state index contributed by atoms with van der Waals surface area (Å²) in [5, 5.41) is 11.1. The Balaban J connectivity index is 1.59. The van der Waals surface area contributed by atoms with Gasteiger partial charge in [-0.1, -0.05) is 114 Å². The number of amides is 1. The molecule has 6 nitrogen and oxygen atoms in total. The number of benzene rings is 3. The predicted molar refractivity (Wildman–Crippen MR) is 170 cm³/mol. The van der Waals surface area contributed by atoms with Crippen LogP contribution in [0.15, 0.2) is 115 Å². The Morgan fingerprint density at radius 3 is 1.83 bits per heavy atom. The Morgan fingerprint density at radius 2 is 1.39 bits per heavy atom. The number of likely N-dealkylation sites (N-methyl/N-ethyl adjacent to an activating group) is 1. The molecule has 1 atom stereocenters. The van der Waals surface area contributed by atoms with Crippen LogP contribution >= 0.6 is 23.1 Å². The topological polar surface area (TPSA) is 73.7 Å². The number of carboxylic acid groups (broad SMARTS) is 1. The number of anilines is 1. The molecule has 0 aliphatic rings. The molecule has 0 bridgehead atoms. The minimum Gasteiger partial charge on any atom is -0.480 e. The largest absolute Gasteiger partial charge is 0.480 e. The zero-order valence-electron chi connectivity index (χ0n) is 23.3. The molecule has 1 heterocycles. The maximum atomic E-state index is 13.0. The number of rotatable bonds is 12. The molecular weight excluding hydrogens is 551 g/mol. The molecule has 3 aromatic carbocycles. The molecule has 0 saturated heterocycles. The maximum Gasteiger partial charge on any atom is 0.327 e. The van der Waals surface area contributed by atoms with Crippen molar-refractivity contribution in [2.45, 2.75) is 10.8 Å². The predicted octanol–water partition coefficient (Wildman–Crippen LogP) is 6.42. The fourth-order valence-corrected chi connectivity index (χ4v) is 6.87. The number of carbonyl (C=O) groups excluding carboxylic acids is 1. The molecule has 1 amide bonds. The summed E-state index contributed by atoms with van der Waals surface area (Å²) < 4.78 is -0.680. The monoisotopic (exact) mass is 583 g/mol. The van der Waals surface area contributed by atoms with E-state index in [9.17, 15) is 14.7 Å². The standard InChI is InChI=1S/C33H33N3O3S2/c1-35(2)32-34-23-28(41-32)21-13-14-22-30(37)36(3)29(31(38)39)24-40-33(25-15-7-4-8-16-25,26-17-9-5-10-18-26)27-19-11-6-12-20-27/h4-23,29H,24H2,1-3H3,(H,38,39)/b21-13+,22-14+/t29-/m1/s1. The number of carbonyl (C=O) groups is 2. The van der Waals surface area contributed by atoms with Crippen LogP contribution in [0.1, 0.15) is 21.6 Å². The average molecular weight is 584 g/mol. The lowest BCUT2D eigenvalue weighted by Crippen LogP contribution is -2.44. The Hall–Kier alpha value is -4.14. The third kappa shape index (κ3) is 7.14. The van der Waals surface area contributed by atoms with Crippen LogP contribution in [0, 0.1) is 0 Å². The highest BCUT2D eigenvalue weighted by atomic mass is 32.2. The molecule has 0 fully saturated rings. The SMILES string of the molecule is CN(C)c1ncc(/C=C/C=C/C(=O)N(C)[C@H](CSC(c2ccccc2)(c2ccccc2)c2ccccc2)C(=O)O)s1. The summed E-state index contributed by atoms with van der Waals surface area (Å²) in [5.74, 6) is -1.26. The molecule has 8 heteroatoms. The van der Waals surface area contributed by atoms with Gasteiger partial charge in [0.15, 0.2) is 5.13 Å². The molecule has 4 rings (SSSR count). The Bertz CT molecular complexity index is 1390. The summed E-state index contributed by atoms with van der Waals surface area (Å²) in [7, 11) is 5.40. The molecule has 41 heavy (non-hydrogen) atoms. The first-order valence-electron chi connectivity index (χ1n) is 13.1. The summed E-state index contributed by atoms with van der Waals surface area (Å²) in [6.07, 6.45) is 8.42. The van der Waals surface area contributed by atoms with Crippen molar-refractivity contribution < 1.29 is 14.7 Å². The minimum absolute atomic E-state index is 0.175. The Morgan fingerprint density at radius 1 is 0.878 bits per heavy atom. The number of carboxylic acids is 1. The van der Waals surface area contributed by atoms with E-state index in [-0.39, 0.29) is 11.7 Å². The van der Waals surface area contributed by atoms with Crippen molar-refractivity contribution >= 4 is 46.2 Å². The van der Waals surface area contributed by atoms with Gasteiger partial charge in [-0.25, -0.2) is 9.78 Å². The number of hydrogen-bond acceptors (Lipinski definition) is 6. The zero-order valence-corrected chi connectivity index (χ0v) is 24.9. The van der Waals surface area contributed by atoms with Crippen molar-refractivity contribution in [1.29, 1.82) is 0 Å². The number of thiazole rings is 1. The molecule has 0 aliphatic carbocycles. The van der Waals surface area contributed by atoms with E-state index in [1.54, 1.807) is 18.3 Å². The van der Waals surface area contributed by atoms with Gasteiger partial charge in [-0.15, -0.1) is 11.8 Å². The second kappa shape index (κ2) is 14.0. The van der Waals surface area contributed by atoms with E-state index in [4.69, 9.17) is 0 Å². The highest BCUT2D eigenvalue weighted by Gasteiger charge is 2.39. The number of aliphatic carboxylic acids is 1. The van der Waals surface area contributed by atoms with Crippen molar-refractivity contribution in [2.75, 3.05) is 31.8 Å². The van der Waals surface area contributed by atoms with E-state index in [0.717, 1.165) is 26.7 Å². The molecule has 210 valence electrons. The van der Waals surface area contributed by atoms with Gasteiger partial charge in [0.05, 0.1) is 4.75 Å². The average Bonchev–Trinajstić information content (AvgIpc) is 3.48. The van der Waals surface area contributed by atoms with Crippen molar-refractivity contribution in [3.05, 3.63) is 137 Å². The maximum absolute atomic E-state index is 13.0. The second-order valence-corrected chi connectivity index (χ2v) is 11.8. The smallest absolute Gasteiger partial charge is 0.327 e. The molecule has 1 N–H and O–H groups in total. The lowest BCUT2D eigenvalue weighted by atomic mass is 9.84. The number of aromatic nitrogens is 1. The summed E-state index contributed by atoms with van der Waals surface area (Å²) in [5.41, 5.74) is 3.10. The number of hydrogen-bond donors (Lipinski definition) is 1. The van der Waals surface area contributed by atoms with E-state index in [1.165, 1.54) is 41.1 Å². The highest BCUT2D eigenvalue weighted by molar-refractivity contribution is 8.00. The van der Waals surface area contributed by atoms with Gasteiger partial charge in [-0.3, -0.25) is 4.79 Å². The third-order valence-corrected chi connectivity index (χ3v) is 9.36. The molecule has 0 saturated carbocycles. The van der Waals surface area contributed by atoms with E-state index in [0.29, 0.717) is 0 Å². The number of allylic oxidation sites excluding steroid dienone is 2. The summed E-state index contributed by atoms with van der Waals surface area (Å²) in [4.78, 5) is 34.0. The van der Waals surface area contributed by atoms with Gasteiger partial charge in [-0.05, 0) is 22.8 Å². The van der Waals surface area contributed by atoms with Gasteiger partial charge in [-0.2, -0.15) is 0 Å². The van der Waals surface area contributed by atoms with Gasteiger partial charge < -0.3 is 14.9 Å². The fraction of sp³-hybridized carbons (Fsp3) is 0.182. The van der Waals surface area contributed by atoms with Gasteiger partial charge in [0.1, 0.15) is 6.04 Å². The van der Waals surface area contributed by atoms with Crippen LogP contribution in [0.3, 0.4) is 0 Å². The van der Waals surface area contributed by atoms with Crippen molar-refractivity contribution in [3.63, 3.8) is 0 Å². The third-order valence-electron chi connectivity index (χ3n) is 6.60. The van der Waals surface area contributed by atoms with Gasteiger partial charge in [0, 0.05) is 44.0 Å². The van der Waals surface area contributed by atoms with Crippen molar-refractivity contribution in [1.82, 2.24) is 9.88 Å². The van der Waals surface area contributed by atoms with Crippen LogP contribution in [0.4, 0.5) is 5.13 Å². The van der Waals surface area contributed by atoms with E-state index >= 15 is 0 Å². The summed E-state index contributed by atoms with van der Waals surface area (Å²) in [6, 6.07) is 29.2. The number of nitrogens with zero attached hydrogens (tertiary/aromatic N) is 3. The molecular formula is C33H33N3O3S2. The molecule has 0 radical (unpaired) electrons. The van der Waals surface area contributed by atoms with Crippen LogP contribution in [0.2, 0.25) is 0 Å². The Labute approximate surface area is 249 Å². The van der Waals surface area contributed by atoms with Gasteiger partial charge in [0.2, 0.25) is 5.91 Å². The molecule has 1 aromatic heterocycles. The number of thioether (sulfide) groups is 1. The van der Waals surface area contributed by atoms with Crippen LogP contribution in [0.5, 0.6) is 0 Å². The first-order chi connectivity index (χ1) is 19.8. The van der Waals surface area contributed by atoms with Crippen LogP contribution in [-0.4, -0.2) is 59.8 Å². The van der Waals surface area contributed by atoms with Gasteiger partial charge >= 0.3 is 5.97 Å². The van der Waals surface area contributed by atoms with Crippen molar-refractivity contribution in [2.24, 2.45) is 0 Å². The zero-order chi connectivity index (χ0) is 29.2. The van der Waals surface area contributed by atoms with E-state index in [2.05, 4.69) is 41.4 Å². The van der Waals surface area contributed by atoms with Gasteiger partial charge in [0.25, 0.3) is 0 Å². The van der Waals surface area contributed by atoms with Crippen LogP contribution < -0.4 is 4.90 Å². The normalized spacial score (nSPS) is 12.5. The second-order valence-electron chi connectivity index (χ2n) is 9.55. The fourth-order valence-electron chi connectivity index (χ4n) is 4.44. The molecule has 0 spiro atoms. The molecule has 4 aromatic rings. The summed E-state index contributed by atoms with van der Waals surface area (Å²) >= 11 is 3.05. The Kier molecular flexibility index (Phi) is 10.2. The van der Waals surface area contributed by atoms with E-state index in [1.807, 2.05) is 79.7 Å². The molecule has 0 unspecified atom stereocenters. The van der Waals surface area contributed by atoms with Crippen LogP contribution in [0.25, 0.3) is 6.08 Å². The summed E-state index contributed by atoms with van der Waals surface area (Å²) in [6.45, 7) is 0. The lowest BCUT2D eigenvalue weighted by molar-refractivity contribution is -0.146.